The third kappa shape index (κ3) is 3.31. The minimum Gasteiger partial charge on any atom is -0.508 e. The summed E-state index contributed by atoms with van der Waals surface area (Å²) in [6, 6.07) is 13.9. The maximum Gasteiger partial charge on any atom is 0.274 e. The molecule has 6 heteroatoms. The minimum atomic E-state index is -0.297. The number of phenols is 1. The van der Waals surface area contributed by atoms with Gasteiger partial charge in [0.15, 0.2) is 5.69 Å². The van der Waals surface area contributed by atoms with Gasteiger partial charge in [-0.15, -0.1) is 0 Å². The fourth-order valence-corrected chi connectivity index (χ4v) is 2.91. The maximum absolute atomic E-state index is 13.0. The Morgan fingerprint density at radius 1 is 1.12 bits per heavy atom. The molecule has 0 aliphatic heterocycles. The first-order valence-corrected chi connectivity index (χ1v) is 8.55. The second kappa shape index (κ2) is 7.39. The first-order chi connectivity index (χ1) is 12.5. The van der Waals surface area contributed by atoms with Gasteiger partial charge in [-0.2, -0.15) is 5.10 Å². The monoisotopic (exact) mass is 351 g/mol. The van der Waals surface area contributed by atoms with Gasteiger partial charge in [-0.3, -0.25) is 9.59 Å². The van der Waals surface area contributed by atoms with Gasteiger partial charge in [0.2, 0.25) is 0 Å². The van der Waals surface area contributed by atoms with Crippen molar-refractivity contribution in [3.05, 3.63) is 70.1 Å². The Balaban J connectivity index is 2.03. The molecule has 6 nitrogen and oxygen atoms in total. The molecule has 0 aliphatic carbocycles. The van der Waals surface area contributed by atoms with Crippen LogP contribution in [0, 0.1) is 0 Å². The fourth-order valence-electron chi connectivity index (χ4n) is 2.91. The van der Waals surface area contributed by atoms with E-state index in [-0.39, 0.29) is 29.5 Å². The van der Waals surface area contributed by atoms with Gasteiger partial charge in [0.25, 0.3) is 11.5 Å². The zero-order valence-corrected chi connectivity index (χ0v) is 14.8. The van der Waals surface area contributed by atoms with Crippen molar-refractivity contribution in [3.63, 3.8) is 0 Å². The molecule has 0 radical (unpaired) electrons. The number of amides is 1. The van der Waals surface area contributed by atoms with Crippen molar-refractivity contribution in [1.29, 1.82) is 0 Å². The summed E-state index contributed by atoms with van der Waals surface area (Å²) in [6.45, 7) is 2.65. The molecule has 134 valence electrons. The lowest BCUT2D eigenvalue weighted by Gasteiger charge is -2.19. The lowest BCUT2D eigenvalue weighted by molar-refractivity contribution is 0.0778. The predicted octanol–water partition coefficient (Wildman–Crippen LogP) is 2.78. The number of phenolic OH excluding ortho intramolecular Hbond substituents is 1. The zero-order chi connectivity index (χ0) is 18.7. The quantitative estimate of drug-likeness (QED) is 0.767. The van der Waals surface area contributed by atoms with Crippen LogP contribution in [-0.4, -0.2) is 32.7 Å². The number of para-hydroxylation sites is 1. The molecule has 0 atom stereocenters. The van der Waals surface area contributed by atoms with Crippen molar-refractivity contribution in [2.75, 3.05) is 7.05 Å². The summed E-state index contributed by atoms with van der Waals surface area (Å²) in [5, 5.41) is 15.3. The summed E-state index contributed by atoms with van der Waals surface area (Å²) in [7, 11) is 1.65. The van der Waals surface area contributed by atoms with Crippen LogP contribution in [0.25, 0.3) is 10.8 Å². The molecule has 26 heavy (non-hydrogen) atoms. The summed E-state index contributed by atoms with van der Waals surface area (Å²) in [5.74, 6) is -0.157. The van der Waals surface area contributed by atoms with Crippen molar-refractivity contribution >= 4 is 16.7 Å². The van der Waals surface area contributed by atoms with E-state index in [2.05, 4.69) is 5.10 Å². The molecular weight excluding hydrogens is 330 g/mol. The first-order valence-electron chi connectivity index (χ1n) is 8.55. The lowest BCUT2D eigenvalue weighted by atomic mass is 10.1. The maximum atomic E-state index is 13.0. The van der Waals surface area contributed by atoms with Crippen LogP contribution in [0.5, 0.6) is 5.75 Å². The van der Waals surface area contributed by atoms with E-state index in [1.807, 2.05) is 13.0 Å². The van der Waals surface area contributed by atoms with E-state index < -0.39 is 0 Å². The molecule has 0 aliphatic rings. The number of aromatic hydroxyl groups is 1. The predicted molar refractivity (Wildman–Crippen MR) is 100 cm³/mol. The molecule has 0 spiro atoms. The van der Waals surface area contributed by atoms with Gasteiger partial charge in [-0.1, -0.05) is 43.3 Å². The van der Waals surface area contributed by atoms with Gasteiger partial charge in [0.1, 0.15) is 5.75 Å². The largest absolute Gasteiger partial charge is 0.508 e. The topological polar surface area (TPSA) is 75.4 Å². The molecule has 1 N–H and O–H groups in total. The molecular formula is C20H21N3O3. The van der Waals surface area contributed by atoms with Gasteiger partial charge in [-0.25, -0.2) is 4.68 Å². The Kier molecular flexibility index (Phi) is 5.02. The van der Waals surface area contributed by atoms with E-state index in [0.717, 1.165) is 6.42 Å². The fraction of sp³-hybridized carbons (Fsp3) is 0.250. The van der Waals surface area contributed by atoms with Crippen LogP contribution in [0.15, 0.2) is 53.3 Å². The Bertz CT molecular complexity index is 1010. The summed E-state index contributed by atoms with van der Waals surface area (Å²) < 4.78 is 1.35. The van der Waals surface area contributed by atoms with E-state index in [1.54, 1.807) is 49.5 Å². The number of benzene rings is 2. The summed E-state index contributed by atoms with van der Waals surface area (Å²) in [5.41, 5.74) is 0.698. The van der Waals surface area contributed by atoms with Crippen molar-refractivity contribution in [2.45, 2.75) is 26.4 Å². The second-order valence-electron chi connectivity index (χ2n) is 6.21. The van der Waals surface area contributed by atoms with E-state index in [9.17, 15) is 14.7 Å². The average Bonchev–Trinajstić information content (AvgIpc) is 2.65. The van der Waals surface area contributed by atoms with Crippen LogP contribution < -0.4 is 5.56 Å². The Labute approximate surface area is 151 Å². The number of aryl methyl sites for hydroxylation is 1. The van der Waals surface area contributed by atoms with Crippen LogP contribution in [0.2, 0.25) is 0 Å². The highest BCUT2D eigenvalue weighted by molar-refractivity contribution is 6.04. The van der Waals surface area contributed by atoms with E-state index >= 15 is 0 Å². The highest BCUT2D eigenvalue weighted by Crippen LogP contribution is 2.20. The normalized spacial score (nSPS) is 10.8. The second-order valence-corrected chi connectivity index (χ2v) is 6.21. The van der Waals surface area contributed by atoms with Crippen LogP contribution in [0.1, 0.15) is 29.4 Å². The SMILES string of the molecule is CCCn1nc(C(=O)N(C)Cc2ccccc2O)c2ccccc2c1=O. The van der Waals surface area contributed by atoms with Crippen LogP contribution in [0.3, 0.4) is 0 Å². The molecule has 1 aromatic heterocycles. The number of rotatable bonds is 5. The summed E-state index contributed by atoms with van der Waals surface area (Å²) >= 11 is 0. The number of fused-ring (bicyclic) bond motifs is 1. The van der Waals surface area contributed by atoms with Gasteiger partial charge in [0, 0.05) is 31.1 Å². The minimum absolute atomic E-state index is 0.140. The van der Waals surface area contributed by atoms with E-state index in [4.69, 9.17) is 0 Å². The number of hydrogen-bond donors (Lipinski definition) is 1. The molecule has 1 heterocycles. The summed E-state index contributed by atoms with van der Waals surface area (Å²) in [4.78, 5) is 27.0. The number of aromatic nitrogens is 2. The third-order valence-corrected chi connectivity index (χ3v) is 4.25. The highest BCUT2D eigenvalue weighted by atomic mass is 16.3. The number of carbonyl (C=O) groups is 1. The zero-order valence-electron chi connectivity index (χ0n) is 14.8. The molecule has 0 unspecified atom stereocenters. The Hall–Kier alpha value is -3.15. The summed E-state index contributed by atoms with van der Waals surface area (Å²) in [6.07, 6.45) is 0.743. The van der Waals surface area contributed by atoms with Crippen LogP contribution in [0.4, 0.5) is 0 Å². The smallest absolute Gasteiger partial charge is 0.274 e. The van der Waals surface area contributed by atoms with Crippen LogP contribution in [-0.2, 0) is 13.1 Å². The number of carbonyl (C=O) groups excluding carboxylic acids is 1. The van der Waals surface area contributed by atoms with Crippen LogP contribution >= 0.6 is 0 Å². The van der Waals surface area contributed by atoms with E-state index in [0.29, 0.717) is 22.9 Å². The molecule has 2 aromatic carbocycles. The van der Waals surface area contributed by atoms with Gasteiger partial charge >= 0.3 is 0 Å². The third-order valence-electron chi connectivity index (χ3n) is 4.25. The molecule has 0 saturated carbocycles. The number of hydrogen-bond acceptors (Lipinski definition) is 4. The molecule has 0 fully saturated rings. The molecule has 0 bridgehead atoms. The Morgan fingerprint density at radius 2 is 1.77 bits per heavy atom. The number of nitrogens with zero attached hydrogens (tertiary/aromatic N) is 3. The van der Waals surface area contributed by atoms with Crippen molar-refractivity contribution < 1.29 is 9.90 Å². The van der Waals surface area contributed by atoms with Crippen molar-refractivity contribution in [2.24, 2.45) is 0 Å². The molecule has 0 saturated heterocycles. The molecule has 1 amide bonds. The lowest BCUT2D eigenvalue weighted by Crippen LogP contribution is -2.32. The first kappa shape index (κ1) is 17.7. The van der Waals surface area contributed by atoms with E-state index in [1.165, 1.54) is 9.58 Å². The van der Waals surface area contributed by atoms with Crippen molar-refractivity contribution in [1.82, 2.24) is 14.7 Å². The average molecular weight is 351 g/mol. The standard InChI is InChI=1S/C20H21N3O3/c1-3-12-23-19(25)16-10-6-5-9-15(16)18(21-23)20(26)22(2)13-14-8-4-7-11-17(14)24/h4-11,24H,3,12-13H2,1-2H3. The van der Waals surface area contributed by atoms with Crippen molar-refractivity contribution in [3.8, 4) is 5.75 Å². The Morgan fingerprint density at radius 3 is 2.46 bits per heavy atom. The van der Waals surface area contributed by atoms with Gasteiger partial charge < -0.3 is 10.0 Å². The highest BCUT2D eigenvalue weighted by Gasteiger charge is 2.20. The van der Waals surface area contributed by atoms with Gasteiger partial charge in [-0.05, 0) is 18.6 Å². The molecule has 3 aromatic rings. The molecule has 3 rings (SSSR count). The van der Waals surface area contributed by atoms with Gasteiger partial charge in [0.05, 0.1) is 5.39 Å².